The van der Waals surface area contributed by atoms with Gasteiger partial charge in [0.1, 0.15) is 5.52 Å². The van der Waals surface area contributed by atoms with Crippen molar-refractivity contribution in [3.05, 3.63) is 65.4 Å². The lowest BCUT2D eigenvalue weighted by atomic mass is 10.0. The second-order valence-corrected chi connectivity index (χ2v) is 6.95. The zero-order chi connectivity index (χ0) is 19.7. The van der Waals surface area contributed by atoms with Crippen molar-refractivity contribution in [2.24, 2.45) is 0 Å². The van der Waals surface area contributed by atoms with E-state index in [2.05, 4.69) is 47.2 Å². The van der Waals surface area contributed by atoms with Gasteiger partial charge in [0.25, 0.3) is 0 Å². The molecule has 4 aromatic rings. The number of hydrogen-bond donors (Lipinski definition) is 1. The average molecular weight is 373 g/mol. The Balaban J connectivity index is 1.67. The molecule has 2 heterocycles. The van der Waals surface area contributed by atoms with E-state index in [1.807, 2.05) is 18.3 Å². The highest BCUT2D eigenvalue weighted by atomic mass is 16.5. The number of aromatic nitrogens is 2. The number of nitrogens with zero attached hydrogens (tertiary/aromatic N) is 2. The average Bonchev–Trinajstić information content (AvgIpc) is 2.71. The zero-order valence-electron chi connectivity index (χ0n) is 16.3. The van der Waals surface area contributed by atoms with Gasteiger partial charge in [0.2, 0.25) is 0 Å². The standard InChI is InChI=1S/C23H23N3O2/c1-14-4-8-17-18-11-16(13-25-22(18)23(24)26-19(17)10-14)6-5-15-7-9-20(27-2)21(12-15)28-3/h4,7-13H,5-6H2,1-3H3,(H2,24,26). The van der Waals surface area contributed by atoms with Gasteiger partial charge in [-0.1, -0.05) is 18.2 Å². The number of methoxy groups -OCH3 is 2. The number of nitrogen functional groups attached to an aromatic ring is 1. The summed E-state index contributed by atoms with van der Waals surface area (Å²) in [7, 11) is 3.30. The Morgan fingerprint density at radius 2 is 1.64 bits per heavy atom. The highest BCUT2D eigenvalue weighted by molar-refractivity contribution is 6.08. The molecular formula is C23H23N3O2. The number of pyridine rings is 2. The summed E-state index contributed by atoms with van der Waals surface area (Å²) in [5.41, 5.74) is 11.3. The molecule has 0 bridgehead atoms. The molecule has 2 aromatic carbocycles. The summed E-state index contributed by atoms with van der Waals surface area (Å²) >= 11 is 0. The summed E-state index contributed by atoms with van der Waals surface area (Å²) in [6.45, 7) is 2.05. The van der Waals surface area contributed by atoms with Gasteiger partial charge in [-0.25, -0.2) is 4.98 Å². The van der Waals surface area contributed by atoms with Crippen molar-refractivity contribution in [2.45, 2.75) is 19.8 Å². The van der Waals surface area contributed by atoms with Crippen molar-refractivity contribution in [1.29, 1.82) is 0 Å². The van der Waals surface area contributed by atoms with Crippen LogP contribution in [0.3, 0.4) is 0 Å². The molecule has 5 heteroatoms. The summed E-state index contributed by atoms with van der Waals surface area (Å²) in [4.78, 5) is 9.11. The van der Waals surface area contributed by atoms with Crippen molar-refractivity contribution >= 4 is 27.6 Å². The molecule has 0 spiro atoms. The van der Waals surface area contributed by atoms with Crippen LogP contribution in [0.25, 0.3) is 21.8 Å². The summed E-state index contributed by atoms with van der Waals surface area (Å²) in [6.07, 6.45) is 3.64. The van der Waals surface area contributed by atoms with Crippen LogP contribution < -0.4 is 15.2 Å². The third kappa shape index (κ3) is 3.31. The van der Waals surface area contributed by atoms with Crippen LogP contribution in [-0.2, 0) is 12.8 Å². The smallest absolute Gasteiger partial charge is 0.160 e. The van der Waals surface area contributed by atoms with E-state index in [9.17, 15) is 0 Å². The van der Waals surface area contributed by atoms with Gasteiger partial charge in [0.15, 0.2) is 17.3 Å². The Bertz CT molecular complexity index is 1170. The minimum absolute atomic E-state index is 0.472. The van der Waals surface area contributed by atoms with Crippen molar-refractivity contribution in [3.63, 3.8) is 0 Å². The lowest BCUT2D eigenvalue weighted by Gasteiger charge is -2.11. The van der Waals surface area contributed by atoms with Gasteiger partial charge < -0.3 is 15.2 Å². The summed E-state index contributed by atoms with van der Waals surface area (Å²) in [5, 5.41) is 2.13. The Kier molecular flexibility index (Phi) is 4.74. The van der Waals surface area contributed by atoms with Crippen molar-refractivity contribution in [3.8, 4) is 11.5 Å². The summed E-state index contributed by atoms with van der Waals surface area (Å²) < 4.78 is 10.7. The molecule has 0 aliphatic heterocycles. The monoisotopic (exact) mass is 373 g/mol. The number of benzene rings is 2. The van der Waals surface area contributed by atoms with E-state index in [1.54, 1.807) is 14.2 Å². The topological polar surface area (TPSA) is 70.3 Å². The van der Waals surface area contributed by atoms with Crippen LogP contribution in [0.4, 0.5) is 5.82 Å². The number of anilines is 1. The van der Waals surface area contributed by atoms with Gasteiger partial charge in [-0.3, -0.25) is 4.98 Å². The first-order chi connectivity index (χ1) is 13.6. The van der Waals surface area contributed by atoms with Crippen molar-refractivity contribution < 1.29 is 9.47 Å². The quantitative estimate of drug-likeness (QED) is 0.523. The SMILES string of the molecule is COc1ccc(CCc2cnc3c(N)nc4cc(C)ccc4c3c2)cc1OC. The number of aryl methyl sites for hydroxylation is 3. The van der Waals surface area contributed by atoms with E-state index in [0.29, 0.717) is 5.82 Å². The highest BCUT2D eigenvalue weighted by Crippen LogP contribution is 2.30. The predicted octanol–water partition coefficient (Wildman–Crippen LogP) is 4.48. The predicted molar refractivity (Wildman–Crippen MR) is 113 cm³/mol. The Labute approximate surface area is 164 Å². The number of rotatable bonds is 5. The molecule has 0 aliphatic rings. The van der Waals surface area contributed by atoms with Gasteiger partial charge in [-0.2, -0.15) is 0 Å². The van der Waals surface area contributed by atoms with Crippen molar-refractivity contribution in [1.82, 2.24) is 9.97 Å². The number of ether oxygens (including phenoxy) is 2. The molecule has 0 radical (unpaired) electrons. The van der Waals surface area contributed by atoms with Gasteiger partial charge >= 0.3 is 0 Å². The molecule has 0 amide bonds. The maximum absolute atomic E-state index is 6.15. The molecule has 0 unspecified atom stereocenters. The van der Waals surface area contributed by atoms with Gasteiger partial charge in [-0.05, 0) is 60.7 Å². The molecule has 0 fully saturated rings. The molecule has 28 heavy (non-hydrogen) atoms. The second-order valence-electron chi connectivity index (χ2n) is 6.95. The maximum atomic E-state index is 6.15. The van der Waals surface area contributed by atoms with E-state index >= 15 is 0 Å². The molecule has 0 saturated carbocycles. The molecule has 2 N–H and O–H groups in total. The normalized spacial score (nSPS) is 11.1. The molecule has 5 nitrogen and oxygen atoms in total. The molecule has 0 atom stereocenters. The fourth-order valence-corrected chi connectivity index (χ4v) is 3.52. The highest BCUT2D eigenvalue weighted by Gasteiger charge is 2.10. The minimum atomic E-state index is 0.472. The fraction of sp³-hybridized carbons (Fsp3) is 0.217. The van der Waals surface area contributed by atoms with Crippen molar-refractivity contribution in [2.75, 3.05) is 20.0 Å². The first-order valence-electron chi connectivity index (χ1n) is 9.24. The van der Waals surface area contributed by atoms with Crippen LogP contribution in [0, 0.1) is 6.92 Å². The molecule has 2 aromatic heterocycles. The van der Waals surface area contributed by atoms with Gasteiger partial charge in [-0.15, -0.1) is 0 Å². The van der Waals surface area contributed by atoms with Crippen LogP contribution >= 0.6 is 0 Å². The number of nitrogens with two attached hydrogens (primary N) is 1. The second kappa shape index (κ2) is 7.35. The van der Waals surface area contributed by atoms with E-state index < -0.39 is 0 Å². The van der Waals surface area contributed by atoms with Gasteiger partial charge in [0.05, 0.1) is 19.7 Å². The lowest BCUT2D eigenvalue weighted by Crippen LogP contribution is -1.99. The summed E-state index contributed by atoms with van der Waals surface area (Å²) in [5.74, 6) is 1.96. The third-order valence-corrected chi connectivity index (χ3v) is 5.02. The van der Waals surface area contributed by atoms with E-state index in [0.717, 1.165) is 57.3 Å². The Morgan fingerprint density at radius 3 is 2.43 bits per heavy atom. The number of fused-ring (bicyclic) bond motifs is 3. The Hall–Kier alpha value is -3.34. The first kappa shape index (κ1) is 18.0. The minimum Gasteiger partial charge on any atom is -0.493 e. The van der Waals surface area contributed by atoms with E-state index in [4.69, 9.17) is 15.2 Å². The van der Waals surface area contributed by atoms with E-state index in [-0.39, 0.29) is 0 Å². The van der Waals surface area contributed by atoms with Crippen LogP contribution in [0.5, 0.6) is 11.5 Å². The molecular weight excluding hydrogens is 350 g/mol. The van der Waals surface area contributed by atoms with Crippen LogP contribution in [0.2, 0.25) is 0 Å². The molecule has 4 rings (SSSR count). The maximum Gasteiger partial charge on any atom is 0.160 e. The number of hydrogen-bond acceptors (Lipinski definition) is 5. The van der Waals surface area contributed by atoms with Gasteiger partial charge in [0, 0.05) is 17.0 Å². The summed E-state index contributed by atoms with van der Waals surface area (Å²) in [6, 6.07) is 14.5. The van der Waals surface area contributed by atoms with E-state index in [1.165, 1.54) is 5.56 Å². The fourth-order valence-electron chi connectivity index (χ4n) is 3.52. The van der Waals surface area contributed by atoms with Crippen LogP contribution in [-0.4, -0.2) is 24.2 Å². The van der Waals surface area contributed by atoms with Crippen LogP contribution in [0.1, 0.15) is 16.7 Å². The molecule has 0 saturated heterocycles. The zero-order valence-corrected chi connectivity index (χ0v) is 16.3. The largest absolute Gasteiger partial charge is 0.493 e. The Morgan fingerprint density at radius 1 is 0.857 bits per heavy atom. The lowest BCUT2D eigenvalue weighted by molar-refractivity contribution is 0.354. The molecule has 0 aliphatic carbocycles. The third-order valence-electron chi connectivity index (χ3n) is 5.02. The first-order valence-corrected chi connectivity index (χ1v) is 9.24. The van der Waals surface area contributed by atoms with Crippen LogP contribution in [0.15, 0.2) is 48.7 Å². The molecule has 142 valence electrons.